The number of amides is 1. The molecular formula is C34H46N10O3S. The summed E-state index contributed by atoms with van der Waals surface area (Å²) in [4.78, 5) is 37.9. The molecule has 4 aliphatic rings. The molecule has 0 spiro atoms. The Morgan fingerprint density at radius 2 is 1.88 bits per heavy atom. The lowest BCUT2D eigenvalue weighted by molar-refractivity contribution is 0.0282. The Kier molecular flexibility index (Phi) is 8.26. The van der Waals surface area contributed by atoms with Gasteiger partial charge in [-0.2, -0.15) is 15.2 Å². The number of nitrogens with zero attached hydrogens (tertiary/aromatic N) is 9. The SMILES string of the molecule is C[C@H]1CN(C)CCCN1c1nc(-c2noc([C@@]3(C)CCCc4sc(N)c(C#N)c43)n2)cc(N2CC3CN(C(=O)OC(C)(C)C)CC3C2)n1. The second kappa shape index (κ2) is 12.2. The van der Waals surface area contributed by atoms with E-state index in [9.17, 15) is 10.1 Å². The predicted molar refractivity (Wildman–Crippen MR) is 184 cm³/mol. The van der Waals surface area contributed by atoms with Gasteiger partial charge in [-0.25, -0.2) is 9.78 Å². The first-order valence-electron chi connectivity index (χ1n) is 17.1. The molecule has 2 N–H and O–H groups in total. The molecule has 1 aliphatic carbocycles. The Labute approximate surface area is 286 Å². The monoisotopic (exact) mass is 674 g/mol. The van der Waals surface area contributed by atoms with Crippen LogP contribution in [0.3, 0.4) is 0 Å². The third-order valence-corrected chi connectivity index (χ3v) is 11.4. The molecule has 256 valence electrons. The van der Waals surface area contributed by atoms with E-state index in [1.54, 1.807) is 0 Å². The van der Waals surface area contributed by atoms with Crippen LogP contribution in [0.5, 0.6) is 0 Å². The minimum Gasteiger partial charge on any atom is -0.444 e. The van der Waals surface area contributed by atoms with E-state index >= 15 is 0 Å². The van der Waals surface area contributed by atoms with Crippen molar-refractivity contribution in [2.24, 2.45) is 11.8 Å². The Hall–Kier alpha value is -3.96. The number of anilines is 3. The molecule has 3 saturated heterocycles. The normalized spacial score (nSPS) is 26.3. The number of hydrogen-bond acceptors (Lipinski definition) is 13. The van der Waals surface area contributed by atoms with Crippen molar-refractivity contribution in [2.45, 2.75) is 77.4 Å². The minimum absolute atomic E-state index is 0.217. The number of ether oxygens (including phenoxy) is 1. The van der Waals surface area contributed by atoms with Crippen LogP contribution in [-0.4, -0.2) is 101 Å². The molecule has 48 heavy (non-hydrogen) atoms. The van der Waals surface area contributed by atoms with Gasteiger partial charge in [0, 0.05) is 73.7 Å². The highest BCUT2D eigenvalue weighted by atomic mass is 32.1. The Balaban J connectivity index is 1.21. The fourth-order valence-corrected chi connectivity index (χ4v) is 9.20. The average Bonchev–Trinajstić information content (AvgIpc) is 3.79. The zero-order valence-corrected chi connectivity index (χ0v) is 29.6. The summed E-state index contributed by atoms with van der Waals surface area (Å²) >= 11 is 1.49. The summed E-state index contributed by atoms with van der Waals surface area (Å²) in [6.07, 6.45) is 3.38. The van der Waals surface area contributed by atoms with E-state index in [1.807, 2.05) is 31.7 Å². The number of rotatable bonds is 4. The summed E-state index contributed by atoms with van der Waals surface area (Å²) < 4.78 is 11.7. The number of aromatic nitrogens is 4. The number of fused-ring (bicyclic) bond motifs is 2. The summed E-state index contributed by atoms with van der Waals surface area (Å²) in [6.45, 7) is 15.7. The zero-order valence-electron chi connectivity index (χ0n) is 28.8. The number of hydrogen-bond donors (Lipinski definition) is 1. The van der Waals surface area contributed by atoms with Crippen molar-refractivity contribution in [2.75, 3.05) is 68.4 Å². The van der Waals surface area contributed by atoms with Gasteiger partial charge in [-0.1, -0.05) is 5.16 Å². The second-order valence-electron chi connectivity index (χ2n) is 15.2. The first kappa shape index (κ1) is 32.6. The number of nitrogens with two attached hydrogens (primary N) is 1. The van der Waals surface area contributed by atoms with Crippen LogP contribution in [0.25, 0.3) is 11.5 Å². The van der Waals surface area contributed by atoms with E-state index in [1.165, 1.54) is 11.3 Å². The lowest BCUT2D eigenvalue weighted by atomic mass is 9.72. The molecule has 3 aliphatic heterocycles. The Bertz CT molecular complexity index is 1730. The van der Waals surface area contributed by atoms with Crippen molar-refractivity contribution in [1.29, 1.82) is 5.26 Å². The molecule has 0 saturated carbocycles. The number of nitriles is 1. The molecule has 14 heteroatoms. The van der Waals surface area contributed by atoms with Crippen molar-refractivity contribution in [3.05, 3.63) is 28.0 Å². The fourth-order valence-electron chi connectivity index (χ4n) is 8.01. The number of aryl methyl sites for hydroxylation is 1. The first-order valence-corrected chi connectivity index (χ1v) is 17.9. The summed E-state index contributed by atoms with van der Waals surface area (Å²) in [5.41, 5.74) is 7.19. The average molecular weight is 675 g/mol. The molecule has 2 unspecified atom stereocenters. The van der Waals surface area contributed by atoms with Crippen LogP contribution in [0, 0.1) is 23.2 Å². The largest absolute Gasteiger partial charge is 0.444 e. The van der Waals surface area contributed by atoms with Crippen LogP contribution < -0.4 is 15.5 Å². The highest BCUT2D eigenvalue weighted by Gasteiger charge is 2.45. The first-order chi connectivity index (χ1) is 22.8. The lowest BCUT2D eigenvalue weighted by Crippen LogP contribution is -2.39. The topological polar surface area (TPSA) is 154 Å². The molecule has 0 aromatic carbocycles. The molecule has 0 radical (unpaired) electrons. The van der Waals surface area contributed by atoms with Crippen molar-refractivity contribution in [1.82, 2.24) is 29.9 Å². The van der Waals surface area contributed by atoms with Gasteiger partial charge in [0.05, 0.1) is 11.0 Å². The lowest BCUT2D eigenvalue weighted by Gasteiger charge is -2.30. The second-order valence-corrected chi connectivity index (χ2v) is 16.4. The maximum atomic E-state index is 12.8. The third kappa shape index (κ3) is 5.96. The molecule has 13 nitrogen and oxygen atoms in total. The van der Waals surface area contributed by atoms with E-state index in [-0.39, 0.29) is 12.1 Å². The Morgan fingerprint density at radius 1 is 1.12 bits per heavy atom. The summed E-state index contributed by atoms with van der Waals surface area (Å²) in [7, 11) is 2.16. The number of likely N-dealkylation sites (tertiary alicyclic amines) is 1. The molecule has 7 rings (SSSR count). The molecule has 1 amide bonds. The number of thiophene rings is 1. The van der Waals surface area contributed by atoms with E-state index in [2.05, 4.69) is 46.8 Å². The molecule has 6 heterocycles. The number of carbonyl (C=O) groups excluding carboxylic acids is 1. The number of nitrogen functional groups attached to an aromatic ring is 1. The summed E-state index contributed by atoms with van der Waals surface area (Å²) in [5, 5.41) is 15.0. The molecule has 3 aromatic heterocycles. The van der Waals surface area contributed by atoms with Crippen LogP contribution in [0.15, 0.2) is 10.6 Å². The highest BCUT2D eigenvalue weighted by Crippen LogP contribution is 2.48. The highest BCUT2D eigenvalue weighted by molar-refractivity contribution is 7.16. The van der Waals surface area contributed by atoms with Gasteiger partial charge in [-0.05, 0) is 73.9 Å². The van der Waals surface area contributed by atoms with E-state index in [4.69, 9.17) is 29.9 Å². The summed E-state index contributed by atoms with van der Waals surface area (Å²) in [5.74, 6) is 3.02. The van der Waals surface area contributed by atoms with E-state index in [0.29, 0.717) is 58.8 Å². The van der Waals surface area contributed by atoms with Gasteiger partial charge in [0.1, 0.15) is 28.2 Å². The fraction of sp³-hybridized carbons (Fsp3) is 0.647. The predicted octanol–water partition coefficient (Wildman–Crippen LogP) is 4.52. The van der Waals surface area contributed by atoms with Crippen LogP contribution in [0.1, 0.15) is 75.8 Å². The quantitative estimate of drug-likeness (QED) is 0.414. The van der Waals surface area contributed by atoms with Gasteiger partial charge in [0.25, 0.3) is 0 Å². The van der Waals surface area contributed by atoms with Gasteiger partial charge in [-0.3, -0.25) is 0 Å². The van der Waals surface area contributed by atoms with Crippen molar-refractivity contribution in [3.8, 4) is 17.6 Å². The van der Waals surface area contributed by atoms with Gasteiger partial charge in [0.2, 0.25) is 17.7 Å². The maximum absolute atomic E-state index is 12.8. The molecule has 0 bridgehead atoms. The van der Waals surface area contributed by atoms with Gasteiger partial charge in [0.15, 0.2) is 0 Å². The van der Waals surface area contributed by atoms with E-state index < -0.39 is 11.0 Å². The summed E-state index contributed by atoms with van der Waals surface area (Å²) in [6, 6.07) is 4.52. The van der Waals surface area contributed by atoms with Crippen LogP contribution in [0.2, 0.25) is 0 Å². The molecule has 3 fully saturated rings. The standard InChI is InChI=1S/C34H46N10O3S/c1-20-15-41(6)11-8-12-44(20)31-37-24(13-26(38-31)42-16-21-18-43(19-22(21)17-42)32(45)46-33(2,3)4)29-39-30(47-40-29)34(5)10-7-9-25-27(34)23(14-35)28(36)48-25/h13,20-22H,7-12,15-19,36H2,1-6H3/t20-,21?,22?,34-/m0/s1. The van der Waals surface area contributed by atoms with Crippen molar-refractivity contribution in [3.63, 3.8) is 0 Å². The smallest absolute Gasteiger partial charge is 0.410 e. The Morgan fingerprint density at radius 3 is 2.58 bits per heavy atom. The van der Waals surface area contributed by atoms with Crippen LogP contribution in [0.4, 0.5) is 21.6 Å². The molecule has 3 aromatic rings. The van der Waals surface area contributed by atoms with E-state index in [0.717, 1.165) is 74.7 Å². The number of likely N-dealkylation sites (N-methyl/N-ethyl adjacent to an activating group) is 1. The van der Waals surface area contributed by atoms with Gasteiger partial charge >= 0.3 is 6.09 Å². The zero-order chi connectivity index (χ0) is 34.0. The molecular weight excluding hydrogens is 629 g/mol. The van der Waals surface area contributed by atoms with Crippen molar-refractivity contribution >= 4 is 34.2 Å². The van der Waals surface area contributed by atoms with Crippen LogP contribution in [-0.2, 0) is 16.6 Å². The van der Waals surface area contributed by atoms with Crippen LogP contribution >= 0.6 is 11.3 Å². The third-order valence-electron chi connectivity index (χ3n) is 10.3. The molecule has 4 atom stereocenters. The van der Waals surface area contributed by atoms with Crippen molar-refractivity contribution < 1.29 is 14.1 Å². The maximum Gasteiger partial charge on any atom is 0.410 e. The minimum atomic E-state index is -0.618. The number of carbonyl (C=O) groups is 1. The van der Waals surface area contributed by atoms with Gasteiger partial charge in [-0.15, -0.1) is 11.3 Å². The van der Waals surface area contributed by atoms with Gasteiger partial charge < -0.3 is 34.6 Å².